The van der Waals surface area contributed by atoms with Gasteiger partial charge in [-0.1, -0.05) is 28.9 Å². The number of hydrogen-bond donors (Lipinski definition) is 1. The Morgan fingerprint density at radius 3 is 2.67 bits per heavy atom. The zero-order chi connectivity index (χ0) is 11.4. The summed E-state index contributed by atoms with van der Waals surface area (Å²) in [5, 5.41) is 11.3. The molecule has 15 heavy (non-hydrogen) atoms. The summed E-state index contributed by atoms with van der Waals surface area (Å²) in [7, 11) is 1.28. The zero-order valence-corrected chi connectivity index (χ0v) is 10.0. The van der Waals surface area contributed by atoms with E-state index < -0.39 is 5.97 Å². The fourth-order valence-corrected chi connectivity index (χ4v) is 1.90. The van der Waals surface area contributed by atoms with Gasteiger partial charge in [0.05, 0.1) is 12.7 Å². The first-order valence-corrected chi connectivity index (χ1v) is 5.03. The van der Waals surface area contributed by atoms with E-state index in [2.05, 4.69) is 25.8 Å². The Morgan fingerprint density at radius 2 is 2.13 bits per heavy atom. The number of methoxy groups -OCH3 is 1. The van der Waals surface area contributed by atoms with E-state index in [0.717, 1.165) is 0 Å². The molecule has 0 bridgehead atoms. The number of halogens is 2. The summed E-state index contributed by atoms with van der Waals surface area (Å²) in [6.45, 7) is 0. The lowest BCUT2D eigenvalue weighted by Gasteiger charge is -2.05. The molecule has 0 aliphatic heterocycles. The first-order chi connectivity index (χ1) is 7.11. The number of oxime groups is 1. The first-order valence-electron chi connectivity index (χ1n) is 3.86. The maximum absolute atomic E-state index is 11.3. The molecular formula is C9H7BrClNO3. The van der Waals surface area contributed by atoms with Crippen LogP contribution in [0.5, 0.6) is 0 Å². The molecule has 80 valence electrons. The van der Waals surface area contributed by atoms with Gasteiger partial charge < -0.3 is 9.94 Å². The van der Waals surface area contributed by atoms with Crippen molar-refractivity contribution in [1.29, 1.82) is 0 Å². The van der Waals surface area contributed by atoms with Gasteiger partial charge in [0.1, 0.15) is 0 Å². The second-order valence-electron chi connectivity index (χ2n) is 2.55. The molecule has 0 unspecified atom stereocenters. The Morgan fingerprint density at radius 1 is 1.53 bits per heavy atom. The highest BCUT2D eigenvalue weighted by molar-refractivity contribution is 9.10. The molecule has 0 saturated carbocycles. The number of carbonyl (C=O) groups excluding carboxylic acids is 1. The summed E-state index contributed by atoms with van der Waals surface area (Å²) in [4.78, 5) is 11.3. The molecule has 0 amide bonds. The highest BCUT2D eigenvalue weighted by Gasteiger charge is 2.15. The third-order valence-electron chi connectivity index (χ3n) is 1.71. The second kappa shape index (κ2) is 5.14. The molecule has 1 aromatic rings. The van der Waals surface area contributed by atoms with Gasteiger partial charge in [-0.15, -0.1) is 0 Å². The van der Waals surface area contributed by atoms with Crippen molar-refractivity contribution in [3.05, 3.63) is 33.8 Å². The fourth-order valence-electron chi connectivity index (χ4n) is 1.01. The van der Waals surface area contributed by atoms with Gasteiger partial charge in [0.15, 0.2) is 5.17 Å². The summed E-state index contributed by atoms with van der Waals surface area (Å²) in [5.41, 5.74) is 0.735. The van der Waals surface area contributed by atoms with E-state index in [1.807, 2.05) is 0 Å². The lowest BCUT2D eigenvalue weighted by molar-refractivity contribution is 0.0599. The summed E-state index contributed by atoms with van der Waals surface area (Å²) in [6.07, 6.45) is 0. The van der Waals surface area contributed by atoms with Crippen LogP contribution in [0.25, 0.3) is 0 Å². The fraction of sp³-hybridized carbons (Fsp3) is 0.111. The number of nitrogens with zero attached hydrogens (tertiary/aromatic N) is 1. The molecular weight excluding hydrogens is 285 g/mol. The van der Waals surface area contributed by atoms with Crippen LogP contribution >= 0.6 is 27.5 Å². The molecule has 0 radical (unpaired) electrons. The standard InChI is InChI=1S/C9H7BrClNO3/c1-15-9(13)6-4-2-3-5(7(6)10)8(11)12-14/h2-4,14H,1H3. The molecule has 0 saturated heterocycles. The van der Waals surface area contributed by atoms with Crippen LogP contribution in [0.4, 0.5) is 0 Å². The van der Waals surface area contributed by atoms with Crippen molar-refractivity contribution in [1.82, 2.24) is 0 Å². The summed E-state index contributed by atoms with van der Waals surface area (Å²) in [5.74, 6) is -0.494. The Hall–Kier alpha value is -1.07. The molecule has 0 heterocycles. The van der Waals surface area contributed by atoms with E-state index in [9.17, 15) is 4.79 Å². The average molecular weight is 293 g/mol. The van der Waals surface area contributed by atoms with Gasteiger partial charge in [0.2, 0.25) is 0 Å². The van der Waals surface area contributed by atoms with Crippen molar-refractivity contribution in [2.75, 3.05) is 7.11 Å². The third kappa shape index (κ3) is 2.49. The van der Waals surface area contributed by atoms with Gasteiger partial charge in [-0.3, -0.25) is 0 Å². The van der Waals surface area contributed by atoms with E-state index in [1.165, 1.54) is 7.11 Å². The Kier molecular flexibility index (Phi) is 4.11. The van der Waals surface area contributed by atoms with Crippen LogP contribution in [0, 0.1) is 0 Å². The normalized spacial score (nSPS) is 11.3. The Labute approximate surface area is 99.6 Å². The van der Waals surface area contributed by atoms with E-state index in [0.29, 0.717) is 15.6 Å². The highest BCUT2D eigenvalue weighted by atomic mass is 79.9. The molecule has 0 aromatic heterocycles. The minimum atomic E-state index is -0.494. The Bertz CT molecular complexity index is 420. The van der Waals surface area contributed by atoms with Crippen molar-refractivity contribution < 1.29 is 14.7 Å². The molecule has 0 aliphatic carbocycles. The van der Waals surface area contributed by atoms with Crippen molar-refractivity contribution in [2.45, 2.75) is 0 Å². The zero-order valence-electron chi connectivity index (χ0n) is 7.70. The van der Waals surface area contributed by atoms with Crippen molar-refractivity contribution in [3.8, 4) is 0 Å². The van der Waals surface area contributed by atoms with Crippen molar-refractivity contribution in [2.24, 2.45) is 5.16 Å². The van der Waals surface area contributed by atoms with E-state index in [-0.39, 0.29) is 5.17 Å². The molecule has 6 heteroatoms. The molecule has 0 aliphatic rings. The van der Waals surface area contributed by atoms with Gasteiger partial charge in [0, 0.05) is 10.0 Å². The van der Waals surface area contributed by atoms with E-state index >= 15 is 0 Å². The number of carbonyl (C=O) groups is 1. The largest absolute Gasteiger partial charge is 0.465 e. The maximum atomic E-state index is 11.3. The van der Waals surface area contributed by atoms with Gasteiger partial charge in [-0.25, -0.2) is 4.79 Å². The SMILES string of the molecule is COC(=O)c1cccc(C(Cl)=NO)c1Br. The molecule has 0 spiro atoms. The summed E-state index contributed by atoms with van der Waals surface area (Å²) >= 11 is 8.82. The first kappa shape index (κ1) is 12.0. The number of rotatable bonds is 2. The van der Waals surface area contributed by atoms with Crippen LogP contribution < -0.4 is 0 Å². The third-order valence-corrected chi connectivity index (χ3v) is 2.85. The highest BCUT2D eigenvalue weighted by Crippen LogP contribution is 2.24. The molecule has 4 nitrogen and oxygen atoms in total. The smallest absolute Gasteiger partial charge is 0.339 e. The molecule has 1 N–H and O–H groups in total. The van der Waals surface area contributed by atoms with Crippen LogP contribution in [-0.2, 0) is 4.74 Å². The van der Waals surface area contributed by atoms with E-state index in [1.54, 1.807) is 18.2 Å². The van der Waals surface area contributed by atoms with Crippen molar-refractivity contribution >= 4 is 38.7 Å². The lowest BCUT2D eigenvalue weighted by Crippen LogP contribution is -2.05. The monoisotopic (exact) mass is 291 g/mol. The van der Waals surface area contributed by atoms with E-state index in [4.69, 9.17) is 16.8 Å². The Balaban J connectivity index is 3.29. The van der Waals surface area contributed by atoms with Crippen molar-refractivity contribution in [3.63, 3.8) is 0 Å². The van der Waals surface area contributed by atoms with Crippen LogP contribution in [0.15, 0.2) is 27.8 Å². The van der Waals surface area contributed by atoms with Gasteiger partial charge in [-0.2, -0.15) is 0 Å². The molecule has 1 aromatic carbocycles. The second-order valence-corrected chi connectivity index (χ2v) is 3.70. The lowest BCUT2D eigenvalue weighted by atomic mass is 10.1. The maximum Gasteiger partial charge on any atom is 0.339 e. The molecule has 1 rings (SSSR count). The summed E-state index contributed by atoms with van der Waals surface area (Å²) in [6, 6.07) is 4.79. The minimum absolute atomic E-state index is 0.104. The van der Waals surface area contributed by atoms with Gasteiger partial charge >= 0.3 is 5.97 Å². The minimum Gasteiger partial charge on any atom is -0.465 e. The van der Waals surface area contributed by atoms with Crippen LogP contribution in [-0.4, -0.2) is 23.5 Å². The number of ether oxygens (including phenoxy) is 1. The topological polar surface area (TPSA) is 58.9 Å². The summed E-state index contributed by atoms with van der Waals surface area (Å²) < 4.78 is 5.00. The average Bonchev–Trinajstić information content (AvgIpc) is 2.27. The van der Waals surface area contributed by atoms with Crippen LogP contribution in [0.2, 0.25) is 0 Å². The predicted octanol–water partition coefficient (Wildman–Crippen LogP) is 2.61. The predicted molar refractivity (Wildman–Crippen MR) is 59.7 cm³/mol. The number of esters is 1. The number of hydrogen-bond acceptors (Lipinski definition) is 4. The van der Waals surface area contributed by atoms with Crippen LogP contribution in [0.3, 0.4) is 0 Å². The van der Waals surface area contributed by atoms with Gasteiger partial charge in [-0.05, 0) is 22.0 Å². The quantitative estimate of drug-likeness (QED) is 0.394. The molecule has 0 atom stereocenters. The van der Waals surface area contributed by atoms with Gasteiger partial charge in [0.25, 0.3) is 0 Å². The van der Waals surface area contributed by atoms with Crippen LogP contribution in [0.1, 0.15) is 15.9 Å². The number of benzene rings is 1. The molecule has 0 fully saturated rings.